The summed E-state index contributed by atoms with van der Waals surface area (Å²) in [5.74, 6) is 1.05. The maximum atomic E-state index is 11.5. The van der Waals surface area contributed by atoms with E-state index >= 15 is 0 Å². The Labute approximate surface area is 118 Å². The Hall–Kier alpha value is -2.03. The van der Waals surface area contributed by atoms with Crippen molar-refractivity contribution < 1.29 is 9.53 Å². The van der Waals surface area contributed by atoms with E-state index in [-0.39, 0.29) is 11.4 Å². The third-order valence-electron chi connectivity index (χ3n) is 4.12. The molecule has 3 heteroatoms. The van der Waals surface area contributed by atoms with Gasteiger partial charge in [-0.05, 0) is 36.8 Å². The van der Waals surface area contributed by atoms with Gasteiger partial charge in [-0.2, -0.15) is 0 Å². The van der Waals surface area contributed by atoms with Crippen molar-refractivity contribution in [2.24, 2.45) is 0 Å². The minimum atomic E-state index is -0.131. The monoisotopic (exact) mass is 269 g/mol. The average molecular weight is 269 g/mol. The van der Waals surface area contributed by atoms with E-state index in [9.17, 15) is 4.79 Å². The van der Waals surface area contributed by atoms with E-state index in [1.54, 1.807) is 7.11 Å². The Morgan fingerprint density at radius 3 is 2.60 bits per heavy atom. The summed E-state index contributed by atoms with van der Waals surface area (Å²) >= 11 is 0. The molecule has 0 radical (unpaired) electrons. The Morgan fingerprint density at radius 2 is 1.95 bits per heavy atom. The van der Waals surface area contributed by atoms with Gasteiger partial charge in [0.15, 0.2) is 0 Å². The molecule has 20 heavy (non-hydrogen) atoms. The summed E-state index contributed by atoms with van der Waals surface area (Å²) in [6, 6.07) is 12.4. The first-order valence-electron chi connectivity index (χ1n) is 6.97. The Morgan fingerprint density at radius 1 is 1.20 bits per heavy atom. The summed E-state index contributed by atoms with van der Waals surface area (Å²) in [6.07, 6.45) is 2.38. The second kappa shape index (κ2) is 4.82. The lowest BCUT2D eigenvalue weighted by Crippen LogP contribution is -2.40. The summed E-state index contributed by atoms with van der Waals surface area (Å²) < 4.78 is 5.42. The number of hydrogen-bond donors (Lipinski definition) is 1. The largest absolute Gasteiger partial charge is 0.496 e. The molecule has 1 N–H and O–H groups in total. The molecule has 2 aromatic carbocycles. The number of ether oxygens (including phenoxy) is 1. The number of carbonyl (C=O) groups is 1. The first-order chi connectivity index (χ1) is 9.61. The third kappa shape index (κ3) is 2.24. The smallest absolute Gasteiger partial charge is 0.220 e. The van der Waals surface area contributed by atoms with E-state index in [1.165, 1.54) is 10.9 Å². The number of benzene rings is 2. The molecule has 1 fully saturated rings. The van der Waals surface area contributed by atoms with Crippen LogP contribution in [0.25, 0.3) is 10.8 Å². The van der Waals surface area contributed by atoms with Crippen LogP contribution < -0.4 is 10.1 Å². The molecule has 0 aliphatic carbocycles. The molecule has 0 aromatic heterocycles. The van der Waals surface area contributed by atoms with Gasteiger partial charge in [0.2, 0.25) is 5.91 Å². The van der Waals surface area contributed by atoms with Crippen molar-refractivity contribution in [3.05, 3.63) is 42.0 Å². The highest BCUT2D eigenvalue weighted by Crippen LogP contribution is 2.32. The van der Waals surface area contributed by atoms with Gasteiger partial charge in [0.05, 0.1) is 7.11 Å². The topological polar surface area (TPSA) is 38.3 Å². The quantitative estimate of drug-likeness (QED) is 0.930. The highest BCUT2D eigenvalue weighted by atomic mass is 16.5. The number of rotatable bonds is 3. The number of amides is 1. The molecule has 1 atom stereocenters. The highest BCUT2D eigenvalue weighted by molar-refractivity contribution is 5.91. The van der Waals surface area contributed by atoms with Gasteiger partial charge in [0, 0.05) is 17.3 Å². The summed E-state index contributed by atoms with van der Waals surface area (Å²) in [6.45, 7) is 2.12. The molecule has 0 bridgehead atoms. The lowest BCUT2D eigenvalue weighted by atomic mass is 9.89. The number of carbonyl (C=O) groups excluding carboxylic acids is 1. The summed E-state index contributed by atoms with van der Waals surface area (Å²) in [5, 5.41) is 5.43. The Bertz CT molecular complexity index is 665. The third-order valence-corrected chi connectivity index (χ3v) is 4.12. The molecule has 1 saturated heterocycles. The lowest BCUT2D eigenvalue weighted by Gasteiger charge is -2.25. The van der Waals surface area contributed by atoms with E-state index in [2.05, 4.69) is 30.4 Å². The van der Waals surface area contributed by atoms with Crippen molar-refractivity contribution in [3.63, 3.8) is 0 Å². The fraction of sp³-hybridized carbons (Fsp3) is 0.353. The van der Waals surface area contributed by atoms with Crippen LogP contribution in [0.3, 0.4) is 0 Å². The molecule has 1 unspecified atom stereocenters. The van der Waals surface area contributed by atoms with Crippen molar-refractivity contribution in [1.82, 2.24) is 5.32 Å². The minimum absolute atomic E-state index is 0.131. The van der Waals surface area contributed by atoms with E-state index in [4.69, 9.17) is 4.74 Å². The normalized spacial score (nSPS) is 22.0. The molecular formula is C17H19NO2. The molecule has 0 spiro atoms. The van der Waals surface area contributed by atoms with Crippen molar-refractivity contribution in [2.45, 2.75) is 31.7 Å². The maximum Gasteiger partial charge on any atom is 0.220 e. The number of fused-ring (bicyclic) bond motifs is 1. The molecule has 1 amide bonds. The van der Waals surface area contributed by atoms with Crippen LogP contribution in [0.5, 0.6) is 5.75 Å². The first kappa shape index (κ1) is 13.0. The Balaban J connectivity index is 2.02. The van der Waals surface area contributed by atoms with Crippen LogP contribution in [0.2, 0.25) is 0 Å². The molecule has 1 heterocycles. The zero-order chi connectivity index (χ0) is 14.2. The molecule has 104 valence electrons. The summed E-state index contributed by atoms with van der Waals surface area (Å²) in [4.78, 5) is 11.5. The zero-order valence-corrected chi connectivity index (χ0v) is 11.9. The second-order valence-corrected chi connectivity index (χ2v) is 5.76. The van der Waals surface area contributed by atoms with Gasteiger partial charge in [0.25, 0.3) is 0 Å². The standard InChI is InChI=1S/C17H19NO2/c1-17(10-9-16(19)18-17)11-12-7-8-15(20-2)14-6-4-3-5-13(12)14/h3-8H,9-11H2,1-2H3,(H,18,19). The van der Waals surface area contributed by atoms with Crippen molar-refractivity contribution in [3.8, 4) is 5.75 Å². The van der Waals surface area contributed by atoms with Gasteiger partial charge in [-0.25, -0.2) is 0 Å². The predicted octanol–water partition coefficient (Wildman–Crippen LogP) is 3.06. The van der Waals surface area contributed by atoms with Gasteiger partial charge in [0.1, 0.15) is 5.75 Å². The van der Waals surface area contributed by atoms with Crippen molar-refractivity contribution in [2.75, 3.05) is 7.11 Å². The molecule has 3 nitrogen and oxygen atoms in total. The number of nitrogens with one attached hydrogen (secondary N) is 1. The fourth-order valence-electron chi connectivity index (χ4n) is 3.07. The second-order valence-electron chi connectivity index (χ2n) is 5.76. The highest BCUT2D eigenvalue weighted by Gasteiger charge is 2.33. The zero-order valence-electron chi connectivity index (χ0n) is 11.9. The predicted molar refractivity (Wildman–Crippen MR) is 80.0 cm³/mol. The molecular weight excluding hydrogens is 250 g/mol. The van der Waals surface area contributed by atoms with Gasteiger partial charge < -0.3 is 10.1 Å². The van der Waals surface area contributed by atoms with E-state index in [0.717, 1.165) is 24.0 Å². The number of methoxy groups -OCH3 is 1. The van der Waals surface area contributed by atoms with Crippen LogP contribution in [-0.2, 0) is 11.2 Å². The summed E-state index contributed by atoms with van der Waals surface area (Å²) in [5.41, 5.74) is 1.13. The van der Waals surface area contributed by atoms with E-state index < -0.39 is 0 Å². The average Bonchev–Trinajstić information content (AvgIpc) is 2.79. The van der Waals surface area contributed by atoms with Crippen LogP contribution >= 0.6 is 0 Å². The van der Waals surface area contributed by atoms with Crippen LogP contribution in [0.1, 0.15) is 25.3 Å². The SMILES string of the molecule is COc1ccc(CC2(C)CCC(=O)N2)c2ccccc12. The van der Waals surface area contributed by atoms with Crippen LogP contribution in [0, 0.1) is 0 Å². The maximum absolute atomic E-state index is 11.5. The Kier molecular flexibility index (Phi) is 3.13. The molecule has 3 rings (SSSR count). The first-order valence-corrected chi connectivity index (χ1v) is 6.97. The summed E-state index contributed by atoms with van der Waals surface area (Å²) in [7, 11) is 1.69. The van der Waals surface area contributed by atoms with Crippen LogP contribution in [-0.4, -0.2) is 18.6 Å². The van der Waals surface area contributed by atoms with Gasteiger partial charge in [-0.1, -0.05) is 30.3 Å². The lowest BCUT2D eigenvalue weighted by molar-refractivity contribution is -0.119. The number of hydrogen-bond acceptors (Lipinski definition) is 2. The molecule has 1 aliphatic heterocycles. The van der Waals surface area contributed by atoms with Crippen molar-refractivity contribution in [1.29, 1.82) is 0 Å². The van der Waals surface area contributed by atoms with E-state index in [0.29, 0.717) is 6.42 Å². The molecule has 2 aromatic rings. The van der Waals surface area contributed by atoms with Gasteiger partial charge in [-0.15, -0.1) is 0 Å². The van der Waals surface area contributed by atoms with Gasteiger partial charge in [-0.3, -0.25) is 4.79 Å². The minimum Gasteiger partial charge on any atom is -0.496 e. The molecule has 1 aliphatic rings. The van der Waals surface area contributed by atoms with Crippen LogP contribution in [0.15, 0.2) is 36.4 Å². The molecule has 0 saturated carbocycles. The van der Waals surface area contributed by atoms with Gasteiger partial charge >= 0.3 is 0 Å². The van der Waals surface area contributed by atoms with Crippen LogP contribution in [0.4, 0.5) is 0 Å². The van der Waals surface area contributed by atoms with Crippen molar-refractivity contribution >= 4 is 16.7 Å². The van der Waals surface area contributed by atoms with E-state index in [1.807, 2.05) is 18.2 Å². The fourth-order valence-corrected chi connectivity index (χ4v) is 3.07.